The quantitative estimate of drug-likeness (QED) is 0.661. The number of hydrogen-bond donors (Lipinski definition) is 1. The van der Waals surface area contributed by atoms with Crippen molar-refractivity contribution in [3.8, 4) is 0 Å². The third-order valence-corrected chi connectivity index (χ3v) is 11.0. The maximum absolute atomic E-state index is 12.9. The van der Waals surface area contributed by atoms with Gasteiger partial charge in [-0.15, -0.1) is 11.3 Å². The number of thiophene rings is 1. The first-order chi connectivity index (χ1) is 15.3. The summed E-state index contributed by atoms with van der Waals surface area (Å²) >= 11 is 1.16. The van der Waals surface area contributed by atoms with Crippen LogP contribution in [0.5, 0.6) is 0 Å². The van der Waals surface area contributed by atoms with Gasteiger partial charge in [0.05, 0.1) is 10.8 Å². The zero-order valence-electron chi connectivity index (χ0n) is 17.6. The van der Waals surface area contributed by atoms with Crippen LogP contribution in [-0.2, 0) is 24.8 Å². The molecular weight excluding hydrogens is 470 g/mol. The van der Waals surface area contributed by atoms with E-state index in [1.807, 2.05) is 0 Å². The van der Waals surface area contributed by atoms with Crippen LogP contribution >= 0.6 is 11.3 Å². The van der Waals surface area contributed by atoms with Gasteiger partial charge in [0.1, 0.15) is 4.21 Å². The molecule has 2 aliphatic heterocycles. The van der Waals surface area contributed by atoms with Crippen molar-refractivity contribution in [2.75, 3.05) is 31.5 Å². The number of nitrogens with one attached hydrogen (secondary N) is 1. The minimum atomic E-state index is -3.61. The highest BCUT2D eigenvalue weighted by molar-refractivity contribution is 7.91. The highest BCUT2D eigenvalue weighted by Gasteiger charge is 2.34. The van der Waals surface area contributed by atoms with E-state index in [0.717, 1.165) is 30.6 Å². The summed E-state index contributed by atoms with van der Waals surface area (Å²) in [6.45, 7) is 1.51. The third kappa shape index (κ3) is 4.91. The van der Waals surface area contributed by atoms with Crippen molar-refractivity contribution in [1.29, 1.82) is 0 Å². The average molecular weight is 498 g/mol. The van der Waals surface area contributed by atoms with Gasteiger partial charge in [-0.1, -0.05) is 18.6 Å². The Kier molecular flexibility index (Phi) is 7.01. The van der Waals surface area contributed by atoms with Crippen LogP contribution in [0.4, 0.5) is 5.69 Å². The second-order valence-corrected chi connectivity index (χ2v) is 13.2. The van der Waals surface area contributed by atoms with E-state index in [1.165, 1.54) is 20.7 Å². The maximum atomic E-state index is 12.9. The van der Waals surface area contributed by atoms with E-state index in [4.69, 9.17) is 0 Å². The van der Waals surface area contributed by atoms with Crippen LogP contribution in [0.2, 0.25) is 0 Å². The first kappa shape index (κ1) is 23.4. The maximum Gasteiger partial charge on any atom is 0.252 e. The van der Waals surface area contributed by atoms with E-state index in [9.17, 15) is 21.6 Å². The van der Waals surface area contributed by atoms with Crippen molar-refractivity contribution in [1.82, 2.24) is 8.61 Å². The topological polar surface area (TPSA) is 104 Å². The summed E-state index contributed by atoms with van der Waals surface area (Å²) in [5.74, 6) is -0.801. The monoisotopic (exact) mass is 497 g/mol. The Morgan fingerprint density at radius 3 is 2.38 bits per heavy atom. The van der Waals surface area contributed by atoms with Gasteiger partial charge in [0.2, 0.25) is 15.9 Å². The average Bonchev–Trinajstić information content (AvgIpc) is 3.36. The summed E-state index contributed by atoms with van der Waals surface area (Å²) < 4.78 is 54.6. The number of benzene rings is 1. The normalized spacial score (nSPS) is 21.3. The van der Waals surface area contributed by atoms with Gasteiger partial charge in [-0.05, 0) is 55.3 Å². The Hall–Kier alpha value is -1.79. The van der Waals surface area contributed by atoms with Gasteiger partial charge in [-0.2, -0.15) is 8.61 Å². The molecule has 0 bridgehead atoms. The zero-order valence-corrected chi connectivity index (χ0v) is 20.1. The molecule has 0 radical (unpaired) electrons. The summed E-state index contributed by atoms with van der Waals surface area (Å²) in [5, 5.41) is 4.51. The summed E-state index contributed by atoms with van der Waals surface area (Å²) in [6, 6.07) is 9.53. The van der Waals surface area contributed by atoms with Crippen molar-refractivity contribution in [2.24, 2.45) is 5.92 Å². The summed E-state index contributed by atoms with van der Waals surface area (Å²) in [5.41, 5.74) is 0.395. The van der Waals surface area contributed by atoms with Crippen LogP contribution in [-0.4, -0.2) is 57.5 Å². The largest absolute Gasteiger partial charge is 0.326 e. The molecule has 4 rings (SSSR count). The molecule has 8 nitrogen and oxygen atoms in total. The summed E-state index contributed by atoms with van der Waals surface area (Å²) in [6.07, 6.45) is 3.90. The van der Waals surface area contributed by atoms with Crippen LogP contribution in [0.1, 0.15) is 32.1 Å². The lowest BCUT2D eigenvalue weighted by Crippen LogP contribution is -2.43. The van der Waals surface area contributed by atoms with Gasteiger partial charge in [0.15, 0.2) is 0 Å². The molecule has 11 heteroatoms. The number of piperidine rings is 2. The number of carbonyl (C=O) groups excluding carboxylic acids is 1. The predicted octanol–water partition coefficient (Wildman–Crippen LogP) is 2.96. The number of hydrogen-bond acceptors (Lipinski definition) is 6. The first-order valence-electron chi connectivity index (χ1n) is 10.7. The van der Waals surface area contributed by atoms with Crippen LogP contribution in [0.15, 0.2) is 50.9 Å². The molecule has 174 valence electrons. The molecule has 1 aromatic carbocycles. The van der Waals surface area contributed by atoms with E-state index >= 15 is 0 Å². The minimum Gasteiger partial charge on any atom is -0.326 e. The van der Waals surface area contributed by atoms with Crippen molar-refractivity contribution < 1.29 is 21.6 Å². The van der Waals surface area contributed by atoms with Gasteiger partial charge >= 0.3 is 0 Å². The Morgan fingerprint density at radius 2 is 1.66 bits per heavy atom. The van der Waals surface area contributed by atoms with Crippen LogP contribution in [0, 0.1) is 5.92 Å². The van der Waals surface area contributed by atoms with Gasteiger partial charge in [0, 0.05) is 31.9 Å². The molecule has 0 spiro atoms. The highest BCUT2D eigenvalue weighted by atomic mass is 32.2. The minimum absolute atomic E-state index is 0.109. The molecule has 2 fully saturated rings. The first-order valence-corrected chi connectivity index (χ1v) is 14.5. The number of rotatable bonds is 6. The fourth-order valence-corrected chi connectivity index (χ4v) is 8.38. The third-order valence-electron chi connectivity index (χ3n) is 5.90. The fraction of sp³-hybridized carbons (Fsp3) is 0.476. The van der Waals surface area contributed by atoms with Crippen molar-refractivity contribution in [3.05, 3.63) is 41.8 Å². The Labute approximate surface area is 193 Å². The number of carbonyl (C=O) groups is 1. The lowest BCUT2D eigenvalue weighted by molar-refractivity contribution is -0.120. The van der Waals surface area contributed by atoms with E-state index in [2.05, 4.69) is 5.32 Å². The Balaban J connectivity index is 1.45. The van der Waals surface area contributed by atoms with Gasteiger partial charge < -0.3 is 5.32 Å². The zero-order chi connectivity index (χ0) is 22.8. The Bertz CT molecular complexity index is 1160. The molecule has 1 amide bonds. The van der Waals surface area contributed by atoms with Crippen LogP contribution in [0.3, 0.4) is 0 Å². The fourth-order valence-electron chi connectivity index (χ4n) is 4.15. The van der Waals surface area contributed by atoms with Gasteiger partial charge in [-0.3, -0.25) is 4.79 Å². The standard InChI is InChI=1S/C21H27N3O5S3/c25-21(17-7-5-13-24(16-17)32(28,29)20-10-6-14-30-20)22-18-8-4-9-19(15-18)31(26,27)23-11-2-1-3-12-23/h4,6,8-10,14-15,17H,1-3,5,7,11-13,16H2,(H,22,25)/t17-/m1/s1. The van der Waals surface area contributed by atoms with Crippen molar-refractivity contribution in [2.45, 2.75) is 41.2 Å². The molecule has 2 aromatic rings. The lowest BCUT2D eigenvalue weighted by Gasteiger charge is -2.30. The molecule has 1 atom stereocenters. The molecule has 1 aromatic heterocycles. The van der Waals surface area contributed by atoms with E-state index in [0.29, 0.717) is 38.2 Å². The van der Waals surface area contributed by atoms with E-state index in [1.54, 1.807) is 29.6 Å². The number of amides is 1. The summed E-state index contributed by atoms with van der Waals surface area (Å²) in [7, 11) is -7.21. The van der Waals surface area contributed by atoms with Gasteiger partial charge in [0.25, 0.3) is 10.0 Å². The molecule has 0 unspecified atom stereocenters. The molecule has 2 aliphatic rings. The number of nitrogens with zero attached hydrogens (tertiary/aromatic N) is 2. The van der Waals surface area contributed by atoms with Crippen LogP contribution in [0.25, 0.3) is 0 Å². The molecule has 0 saturated carbocycles. The Morgan fingerprint density at radius 1 is 0.906 bits per heavy atom. The smallest absolute Gasteiger partial charge is 0.252 e. The highest BCUT2D eigenvalue weighted by Crippen LogP contribution is 2.28. The SMILES string of the molecule is O=C(Nc1cccc(S(=O)(=O)N2CCCCC2)c1)[C@@H]1CCCN(S(=O)(=O)c2cccs2)C1. The molecule has 1 N–H and O–H groups in total. The van der Waals surface area contributed by atoms with E-state index < -0.39 is 26.0 Å². The second-order valence-electron chi connectivity index (χ2n) is 8.12. The number of anilines is 1. The van der Waals surface area contributed by atoms with Crippen molar-refractivity contribution in [3.63, 3.8) is 0 Å². The van der Waals surface area contributed by atoms with Gasteiger partial charge in [-0.25, -0.2) is 16.8 Å². The number of sulfonamides is 2. The van der Waals surface area contributed by atoms with E-state index in [-0.39, 0.29) is 21.6 Å². The summed E-state index contributed by atoms with van der Waals surface area (Å²) in [4.78, 5) is 13.1. The lowest BCUT2D eigenvalue weighted by atomic mass is 9.99. The molecule has 2 saturated heterocycles. The molecule has 3 heterocycles. The van der Waals surface area contributed by atoms with Crippen LogP contribution < -0.4 is 5.32 Å². The molecule has 32 heavy (non-hydrogen) atoms. The predicted molar refractivity (Wildman–Crippen MR) is 123 cm³/mol. The van der Waals surface area contributed by atoms with Crippen molar-refractivity contribution >= 4 is 43.0 Å². The second kappa shape index (κ2) is 9.60. The molecular formula is C21H27N3O5S3. The molecule has 0 aliphatic carbocycles.